The molecule has 5 nitrogen and oxygen atoms in total. The first-order valence-corrected chi connectivity index (χ1v) is 5.51. The highest BCUT2D eigenvalue weighted by atomic mass is 16.3. The maximum absolute atomic E-state index is 8.94. The summed E-state index contributed by atoms with van der Waals surface area (Å²) in [5.41, 5.74) is 0.957. The van der Waals surface area contributed by atoms with Gasteiger partial charge < -0.3 is 10.4 Å². The van der Waals surface area contributed by atoms with E-state index in [1.54, 1.807) is 16.9 Å². The molecule has 0 saturated carbocycles. The van der Waals surface area contributed by atoms with Gasteiger partial charge in [0.25, 0.3) is 0 Å². The van der Waals surface area contributed by atoms with Crippen molar-refractivity contribution in [1.29, 1.82) is 0 Å². The zero-order valence-electron chi connectivity index (χ0n) is 9.30. The van der Waals surface area contributed by atoms with E-state index in [1.165, 1.54) is 0 Å². The molecule has 0 aromatic carbocycles. The lowest BCUT2D eigenvalue weighted by atomic mass is 10.1. The molecule has 0 fully saturated rings. The molecule has 86 valence electrons. The molecule has 0 aliphatic heterocycles. The van der Waals surface area contributed by atoms with Gasteiger partial charge in [-0.3, -0.25) is 0 Å². The van der Waals surface area contributed by atoms with E-state index in [2.05, 4.69) is 22.3 Å². The third-order valence-electron chi connectivity index (χ3n) is 2.64. The van der Waals surface area contributed by atoms with E-state index < -0.39 is 0 Å². The Morgan fingerprint density at radius 1 is 1.50 bits per heavy atom. The Morgan fingerprint density at radius 3 is 3.12 bits per heavy atom. The molecule has 0 saturated heterocycles. The summed E-state index contributed by atoms with van der Waals surface area (Å²) in [5.74, 6) is 0.820. The Hall–Kier alpha value is -1.62. The van der Waals surface area contributed by atoms with Gasteiger partial charge in [0.1, 0.15) is 5.52 Å². The number of fused-ring (bicyclic) bond motifs is 1. The van der Waals surface area contributed by atoms with Crippen LogP contribution in [-0.2, 0) is 0 Å². The molecule has 0 amide bonds. The fraction of sp³-hybridized carbons (Fsp3) is 0.455. The topological polar surface area (TPSA) is 62.5 Å². The summed E-state index contributed by atoms with van der Waals surface area (Å²) in [6.07, 6.45) is 6.96. The van der Waals surface area contributed by atoms with Crippen LogP contribution in [0.2, 0.25) is 0 Å². The normalized spacial score (nSPS) is 12.9. The highest BCUT2D eigenvalue weighted by Crippen LogP contribution is 2.15. The molecule has 0 aliphatic rings. The molecule has 2 aromatic heterocycles. The van der Waals surface area contributed by atoms with E-state index in [0.29, 0.717) is 0 Å². The van der Waals surface area contributed by atoms with Gasteiger partial charge in [-0.05, 0) is 18.9 Å². The maximum atomic E-state index is 8.94. The van der Waals surface area contributed by atoms with Gasteiger partial charge >= 0.3 is 0 Å². The molecular weight excluding hydrogens is 204 g/mol. The summed E-state index contributed by atoms with van der Waals surface area (Å²) >= 11 is 0. The van der Waals surface area contributed by atoms with E-state index in [4.69, 9.17) is 5.11 Å². The highest BCUT2D eigenvalue weighted by molar-refractivity contribution is 5.66. The predicted octanol–water partition coefficient (Wildman–Crippen LogP) is 1.30. The van der Waals surface area contributed by atoms with Crippen molar-refractivity contribution in [2.75, 3.05) is 11.9 Å². The van der Waals surface area contributed by atoms with Gasteiger partial charge in [0.05, 0.1) is 6.20 Å². The predicted molar refractivity (Wildman–Crippen MR) is 62.4 cm³/mol. The van der Waals surface area contributed by atoms with Crippen LogP contribution in [0.25, 0.3) is 5.52 Å². The van der Waals surface area contributed by atoms with Crippen LogP contribution in [0.1, 0.15) is 19.8 Å². The van der Waals surface area contributed by atoms with E-state index in [-0.39, 0.29) is 12.6 Å². The van der Waals surface area contributed by atoms with E-state index >= 15 is 0 Å². The number of anilines is 1. The van der Waals surface area contributed by atoms with Gasteiger partial charge in [0, 0.05) is 25.0 Å². The minimum atomic E-state index is 0.188. The zero-order chi connectivity index (χ0) is 11.4. The van der Waals surface area contributed by atoms with Crippen LogP contribution < -0.4 is 5.32 Å². The number of aliphatic hydroxyl groups is 1. The highest BCUT2D eigenvalue weighted by Gasteiger charge is 2.09. The van der Waals surface area contributed by atoms with Gasteiger partial charge in [-0.1, -0.05) is 6.92 Å². The van der Waals surface area contributed by atoms with Gasteiger partial charge in [-0.25, -0.2) is 9.50 Å². The minimum absolute atomic E-state index is 0.188. The number of hydrogen-bond donors (Lipinski definition) is 2. The SMILES string of the molecule is CCC(CCO)Nc1nccn2nccc12. The fourth-order valence-electron chi connectivity index (χ4n) is 1.70. The third kappa shape index (κ3) is 2.14. The summed E-state index contributed by atoms with van der Waals surface area (Å²) in [7, 11) is 0. The van der Waals surface area contributed by atoms with Crippen LogP contribution in [0, 0.1) is 0 Å². The van der Waals surface area contributed by atoms with Gasteiger partial charge in [0.2, 0.25) is 0 Å². The van der Waals surface area contributed by atoms with E-state index in [9.17, 15) is 0 Å². The summed E-state index contributed by atoms with van der Waals surface area (Å²) in [6, 6.07) is 2.17. The molecule has 16 heavy (non-hydrogen) atoms. The Morgan fingerprint density at radius 2 is 2.38 bits per heavy atom. The van der Waals surface area contributed by atoms with Crippen LogP contribution in [0.15, 0.2) is 24.7 Å². The fourth-order valence-corrected chi connectivity index (χ4v) is 1.70. The van der Waals surface area contributed by atoms with Crippen molar-refractivity contribution in [2.24, 2.45) is 0 Å². The molecule has 2 rings (SSSR count). The number of rotatable bonds is 5. The molecule has 2 aromatic rings. The van der Waals surface area contributed by atoms with Crippen LogP contribution >= 0.6 is 0 Å². The quantitative estimate of drug-likeness (QED) is 0.797. The first-order chi connectivity index (χ1) is 7.85. The Kier molecular flexibility index (Phi) is 3.36. The second-order valence-corrected chi connectivity index (χ2v) is 3.70. The van der Waals surface area contributed by atoms with Crippen molar-refractivity contribution in [3.8, 4) is 0 Å². The average molecular weight is 220 g/mol. The summed E-state index contributed by atoms with van der Waals surface area (Å²) in [5, 5.41) is 16.4. The number of hydrogen-bond acceptors (Lipinski definition) is 4. The van der Waals surface area contributed by atoms with Crippen LogP contribution in [0.5, 0.6) is 0 Å². The molecule has 0 aliphatic carbocycles. The van der Waals surface area contributed by atoms with Crippen molar-refractivity contribution in [3.63, 3.8) is 0 Å². The molecule has 2 heterocycles. The zero-order valence-corrected chi connectivity index (χ0v) is 9.30. The number of nitrogens with zero attached hydrogens (tertiary/aromatic N) is 3. The molecule has 0 spiro atoms. The summed E-state index contributed by atoms with van der Waals surface area (Å²) in [4.78, 5) is 4.30. The van der Waals surface area contributed by atoms with Crippen molar-refractivity contribution < 1.29 is 5.11 Å². The van der Waals surface area contributed by atoms with Crippen molar-refractivity contribution in [2.45, 2.75) is 25.8 Å². The number of nitrogens with one attached hydrogen (secondary N) is 1. The minimum Gasteiger partial charge on any atom is -0.396 e. The molecule has 1 unspecified atom stereocenters. The van der Waals surface area contributed by atoms with Gasteiger partial charge in [-0.15, -0.1) is 0 Å². The molecule has 0 radical (unpaired) electrons. The third-order valence-corrected chi connectivity index (χ3v) is 2.64. The summed E-state index contributed by atoms with van der Waals surface area (Å²) < 4.78 is 1.78. The van der Waals surface area contributed by atoms with Crippen LogP contribution in [0.3, 0.4) is 0 Å². The lowest BCUT2D eigenvalue weighted by Crippen LogP contribution is -2.20. The molecule has 0 bridgehead atoms. The first kappa shape index (κ1) is 10.9. The second kappa shape index (κ2) is 4.94. The van der Waals surface area contributed by atoms with Crippen LogP contribution in [0.4, 0.5) is 5.82 Å². The lowest BCUT2D eigenvalue weighted by molar-refractivity contribution is 0.278. The molecule has 1 atom stereocenters. The Labute approximate surface area is 94.1 Å². The largest absolute Gasteiger partial charge is 0.396 e. The lowest BCUT2D eigenvalue weighted by Gasteiger charge is -2.16. The molecular formula is C11H16N4O. The standard InChI is InChI=1S/C11H16N4O/c1-2-9(4-8-16)14-11-10-3-5-13-15(10)7-6-12-11/h3,5-7,9,16H,2,4,8H2,1H3,(H,12,14). The Balaban J connectivity index is 2.22. The molecule has 2 N–H and O–H groups in total. The Bertz CT molecular complexity index is 454. The van der Waals surface area contributed by atoms with Gasteiger partial charge in [-0.2, -0.15) is 5.10 Å². The van der Waals surface area contributed by atoms with Crippen LogP contribution in [-0.4, -0.2) is 32.4 Å². The monoisotopic (exact) mass is 220 g/mol. The average Bonchev–Trinajstić information content (AvgIpc) is 2.77. The van der Waals surface area contributed by atoms with Gasteiger partial charge in [0.15, 0.2) is 5.82 Å². The maximum Gasteiger partial charge on any atom is 0.152 e. The smallest absolute Gasteiger partial charge is 0.152 e. The number of aliphatic hydroxyl groups excluding tert-OH is 1. The first-order valence-electron chi connectivity index (χ1n) is 5.51. The van der Waals surface area contributed by atoms with Crippen molar-refractivity contribution in [1.82, 2.24) is 14.6 Å². The summed E-state index contributed by atoms with van der Waals surface area (Å²) in [6.45, 7) is 2.28. The molecule has 5 heteroatoms. The number of aromatic nitrogens is 3. The second-order valence-electron chi connectivity index (χ2n) is 3.70. The van der Waals surface area contributed by atoms with E-state index in [0.717, 1.165) is 24.2 Å². The van der Waals surface area contributed by atoms with Crippen molar-refractivity contribution >= 4 is 11.3 Å². The van der Waals surface area contributed by atoms with E-state index in [1.807, 2.05) is 12.3 Å². The van der Waals surface area contributed by atoms with Crippen molar-refractivity contribution in [3.05, 3.63) is 24.7 Å².